The van der Waals surface area contributed by atoms with Crippen LogP contribution in [0.2, 0.25) is 0 Å². The largest absolute Gasteiger partial charge is 0.368 e. The third kappa shape index (κ3) is 3.29. The van der Waals surface area contributed by atoms with Gasteiger partial charge in [-0.15, -0.1) is 0 Å². The van der Waals surface area contributed by atoms with E-state index in [4.69, 9.17) is 5.73 Å². The van der Waals surface area contributed by atoms with Crippen LogP contribution < -0.4 is 11.1 Å². The summed E-state index contributed by atoms with van der Waals surface area (Å²) in [4.78, 5) is 14.2. The van der Waals surface area contributed by atoms with Gasteiger partial charge >= 0.3 is 0 Å². The van der Waals surface area contributed by atoms with Crippen LogP contribution in [0.3, 0.4) is 0 Å². The molecule has 2 fully saturated rings. The number of primary amides is 1. The molecule has 4 heteroatoms. The molecule has 3 unspecified atom stereocenters. The van der Waals surface area contributed by atoms with Gasteiger partial charge in [0.05, 0.1) is 5.54 Å². The van der Waals surface area contributed by atoms with Crippen molar-refractivity contribution < 1.29 is 4.79 Å². The molecule has 110 valence electrons. The number of likely N-dealkylation sites (N-methyl/N-ethyl adjacent to an activating group) is 1. The van der Waals surface area contributed by atoms with Gasteiger partial charge in [0.25, 0.3) is 0 Å². The van der Waals surface area contributed by atoms with Crippen molar-refractivity contribution in [2.24, 2.45) is 11.7 Å². The number of carbonyl (C=O) groups excluding carboxylic acids is 1. The highest BCUT2D eigenvalue weighted by atomic mass is 16.1. The standard InChI is InChI=1S/C15H29N3O/c1-15(17-2,14(16)19)9-11-18-10-5-7-12-6-3-4-8-13(12)18/h12-13,17H,3-11H2,1-2H3,(H2,16,19). The molecule has 1 saturated heterocycles. The van der Waals surface area contributed by atoms with Crippen molar-refractivity contribution in [3.63, 3.8) is 0 Å². The van der Waals surface area contributed by atoms with E-state index in [1.54, 1.807) is 0 Å². The van der Waals surface area contributed by atoms with Gasteiger partial charge < -0.3 is 16.0 Å². The molecular formula is C15H29N3O. The summed E-state index contributed by atoms with van der Waals surface area (Å²) in [6.45, 7) is 4.10. The van der Waals surface area contributed by atoms with Crippen molar-refractivity contribution in [2.45, 2.75) is 63.5 Å². The summed E-state index contributed by atoms with van der Waals surface area (Å²) in [5.74, 6) is 0.657. The van der Waals surface area contributed by atoms with E-state index >= 15 is 0 Å². The fourth-order valence-corrected chi connectivity index (χ4v) is 3.74. The van der Waals surface area contributed by atoms with Crippen LogP contribution in [-0.4, -0.2) is 42.5 Å². The Kier molecular flexibility index (Phi) is 4.85. The summed E-state index contributed by atoms with van der Waals surface area (Å²) in [5.41, 5.74) is 4.94. The highest BCUT2D eigenvalue weighted by Gasteiger charge is 2.35. The third-order valence-corrected chi connectivity index (χ3v) is 5.35. The van der Waals surface area contributed by atoms with Crippen LogP contribution in [0.4, 0.5) is 0 Å². The zero-order valence-corrected chi connectivity index (χ0v) is 12.5. The predicted octanol–water partition coefficient (Wildman–Crippen LogP) is 1.49. The van der Waals surface area contributed by atoms with Crippen molar-refractivity contribution >= 4 is 5.91 Å². The second kappa shape index (κ2) is 6.23. The molecule has 3 atom stereocenters. The quantitative estimate of drug-likeness (QED) is 0.793. The third-order valence-electron chi connectivity index (χ3n) is 5.35. The normalized spacial score (nSPS) is 31.5. The molecule has 0 bridgehead atoms. The van der Waals surface area contributed by atoms with Gasteiger partial charge in [0.15, 0.2) is 0 Å². The molecule has 19 heavy (non-hydrogen) atoms. The number of nitrogens with two attached hydrogens (primary N) is 1. The summed E-state index contributed by atoms with van der Waals surface area (Å²) in [6, 6.07) is 0.761. The minimum Gasteiger partial charge on any atom is -0.368 e. The van der Waals surface area contributed by atoms with Crippen LogP contribution in [0.1, 0.15) is 51.9 Å². The second-order valence-electron chi connectivity index (χ2n) is 6.49. The molecule has 0 radical (unpaired) electrons. The molecule has 0 aromatic carbocycles. The monoisotopic (exact) mass is 267 g/mol. The van der Waals surface area contributed by atoms with Crippen molar-refractivity contribution in [1.29, 1.82) is 0 Å². The molecule has 2 rings (SSSR count). The number of nitrogens with zero attached hydrogens (tertiary/aromatic N) is 1. The maximum Gasteiger partial charge on any atom is 0.237 e. The zero-order chi connectivity index (χ0) is 13.9. The van der Waals surface area contributed by atoms with Gasteiger partial charge in [-0.05, 0) is 58.5 Å². The lowest BCUT2D eigenvalue weighted by Crippen LogP contribution is -2.55. The first kappa shape index (κ1) is 14.8. The fourth-order valence-electron chi connectivity index (χ4n) is 3.74. The Morgan fingerprint density at radius 3 is 2.68 bits per heavy atom. The molecule has 1 aliphatic carbocycles. The average Bonchev–Trinajstić information content (AvgIpc) is 2.44. The molecule has 1 aliphatic heterocycles. The number of piperidine rings is 1. The summed E-state index contributed by atoms with van der Waals surface area (Å²) in [7, 11) is 1.82. The van der Waals surface area contributed by atoms with E-state index in [2.05, 4.69) is 10.2 Å². The number of rotatable bonds is 5. The lowest BCUT2D eigenvalue weighted by atomic mass is 9.78. The summed E-state index contributed by atoms with van der Waals surface area (Å²) in [5, 5.41) is 3.09. The van der Waals surface area contributed by atoms with Crippen molar-refractivity contribution in [3.8, 4) is 0 Å². The van der Waals surface area contributed by atoms with Crippen molar-refractivity contribution in [3.05, 3.63) is 0 Å². The Morgan fingerprint density at radius 2 is 2.00 bits per heavy atom. The van der Waals surface area contributed by atoms with Crippen LogP contribution in [-0.2, 0) is 4.79 Å². The molecule has 1 amide bonds. The topological polar surface area (TPSA) is 58.4 Å². The van der Waals surface area contributed by atoms with Gasteiger partial charge in [0, 0.05) is 12.6 Å². The van der Waals surface area contributed by atoms with E-state index in [1.165, 1.54) is 45.1 Å². The SMILES string of the molecule is CNC(C)(CCN1CCCC2CCCCC21)C(N)=O. The first-order chi connectivity index (χ1) is 9.07. The van der Waals surface area contributed by atoms with Crippen LogP contribution in [0.25, 0.3) is 0 Å². The van der Waals surface area contributed by atoms with Crippen LogP contribution in [0.15, 0.2) is 0 Å². The number of amides is 1. The Bertz CT molecular complexity index is 319. The molecule has 1 saturated carbocycles. The van der Waals surface area contributed by atoms with Gasteiger partial charge in [-0.25, -0.2) is 0 Å². The molecule has 0 aromatic rings. The number of hydrogen-bond acceptors (Lipinski definition) is 3. The first-order valence-corrected chi connectivity index (χ1v) is 7.80. The number of nitrogens with one attached hydrogen (secondary N) is 1. The minimum absolute atomic E-state index is 0.243. The van der Waals surface area contributed by atoms with Crippen LogP contribution >= 0.6 is 0 Å². The maximum absolute atomic E-state index is 11.5. The summed E-state index contributed by atoms with van der Waals surface area (Å²) < 4.78 is 0. The predicted molar refractivity (Wildman–Crippen MR) is 77.8 cm³/mol. The lowest BCUT2D eigenvalue weighted by molar-refractivity contribution is -0.124. The van der Waals surface area contributed by atoms with Gasteiger partial charge in [-0.2, -0.15) is 0 Å². The first-order valence-electron chi connectivity index (χ1n) is 7.80. The molecule has 0 spiro atoms. The van der Waals surface area contributed by atoms with E-state index in [0.717, 1.165) is 24.9 Å². The zero-order valence-electron chi connectivity index (χ0n) is 12.5. The van der Waals surface area contributed by atoms with Gasteiger partial charge in [0.2, 0.25) is 5.91 Å². The van der Waals surface area contributed by atoms with E-state index in [1.807, 2.05) is 14.0 Å². The van der Waals surface area contributed by atoms with Crippen molar-refractivity contribution in [2.75, 3.05) is 20.1 Å². The lowest BCUT2D eigenvalue weighted by Gasteiger charge is -2.45. The number of hydrogen-bond donors (Lipinski definition) is 2. The smallest absolute Gasteiger partial charge is 0.237 e. The highest BCUT2D eigenvalue weighted by Crippen LogP contribution is 2.35. The van der Waals surface area contributed by atoms with Crippen LogP contribution in [0, 0.1) is 5.92 Å². The molecule has 0 aromatic heterocycles. The van der Waals surface area contributed by atoms with E-state index in [9.17, 15) is 4.79 Å². The molecular weight excluding hydrogens is 238 g/mol. The minimum atomic E-state index is -0.568. The van der Waals surface area contributed by atoms with Gasteiger partial charge in [0.1, 0.15) is 0 Å². The van der Waals surface area contributed by atoms with E-state index in [0.29, 0.717) is 0 Å². The van der Waals surface area contributed by atoms with E-state index < -0.39 is 5.54 Å². The Labute approximate surface area is 117 Å². The molecule has 1 heterocycles. The fraction of sp³-hybridized carbons (Fsp3) is 0.933. The molecule has 2 aliphatic rings. The van der Waals surface area contributed by atoms with Crippen molar-refractivity contribution in [1.82, 2.24) is 10.2 Å². The van der Waals surface area contributed by atoms with Crippen LogP contribution in [0.5, 0.6) is 0 Å². The maximum atomic E-state index is 11.5. The second-order valence-corrected chi connectivity index (χ2v) is 6.49. The Balaban J connectivity index is 1.92. The summed E-state index contributed by atoms with van der Waals surface area (Å²) in [6.07, 6.45) is 9.05. The number of likely N-dealkylation sites (tertiary alicyclic amines) is 1. The summed E-state index contributed by atoms with van der Waals surface area (Å²) >= 11 is 0. The highest BCUT2D eigenvalue weighted by molar-refractivity contribution is 5.84. The number of fused-ring (bicyclic) bond motifs is 1. The number of carbonyl (C=O) groups is 1. The van der Waals surface area contributed by atoms with E-state index in [-0.39, 0.29) is 5.91 Å². The molecule has 3 N–H and O–H groups in total. The Morgan fingerprint density at radius 1 is 1.32 bits per heavy atom. The van der Waals surface area contributed by atoms with Gasteiger partial charge in [-0.1, -0.05) is 12.8 Å². The molecule has 4 nitrogen and oxygen atoms in total. The average molecular weight is 267 g/mol. The Hall–Kier alpha value is -0.610. The van der Waals surface area contributed by atoms with Gasteiger partial charge in [-0.3, -0.25) is 4.79 Å².